The Morgan fingerprint density at radius 3 is 2.91 bits per heavy atom. The number of nitrogens with zero attached hydrogens (tertiary/aromatic N) is 5. The van der Waals surface area contributed by atoms with E-state index in [0.29, 0.717) is 12.2 Å². The molecule has 22 heavy (non-hydrogen) atoms. The Bertz CT molecular complexity index is 922. The number of benzene rings is 1. The highest BCUT2D eigenvalue weighted by Crippen LogP contribution is 2.34. The molecule has 7 nitrogen and oxygen atoms in total. The molecule has 4 rings (SSSR count). The number of aromatic carboxylic acids is 1. The number of carboxylic acids is 1. The second-order valence-corrected chi connectivity index (χ2v) is 5.42. The summed E-state index contributed by atoms with van der Waals surface area (Å²) in [6, 6.07) is 6.04. The van der Waals surface area contributed by atoms with Crippen molar-refractivity contribution >= 4 is 5.97 Å². The van der Waals surface area contributed by atoms with Crippen molar-refractivity contribution in [2.75, 3.05) is 0 Å². The van der Waals surface area contributed by atoms with Crippen molar-refractivity contribution < 1.29 is 9.90 Å². The fourth-order valence-corrected chi connectivity index (χ4v) is 2.95. The predicted molar refractivity (Wildman–Crippen MR) is 78.1 cm³/mol. The fourth-order valence-electron chi connectivity index (χ4n) is 2.95. The van der Waals surface area contributed by atoms with Gasteiger partial charge in [-0.15, -0.1) is 5.10 Å². The largest absolute Gasteiger partial charge is 0.476 e. The molecular formula is C15H13N5O2. The summed E-state index contributed by atoms with van der Waals surface area (Å²) in [5, 5.41) is 17.6. The van der Waals surface area contributed by atoms with E-state index in [9.17, 15) is 9.90 Å². The molecule has 0 aliphatic carbocycles. The first-order valence-electron chi connectivity index (χ1n) is 6.87. The van der Waals surface area contributed by atoms with E-state index in [-0.39, 0.29) is 5.69 Å². The van der Waals surface area contributed by atoms with Gasteiger partial charge in [-0.3, -0.25) is 4.57 Å². The zero-order valence-corrected chi connectivity index (χ0v) is 12.1. The summed E-state index contributed by atoms with van der Waals surface area (Å²) >= 11 is 0. The third-order valence-electron chi connectivity index (χ3n) is 3.94. The number of fused-ring (bicyclic) bond motifs is 5. The van der Waals surface area contributed by atoms with Crippen LogP contribution in [0.1, 0.15) is 27.4 Å². The van der Waals surface area contributed by atoms with Crippen molar-refractivity contribution in [3.8, 4) is 16.9 Å². The maximum absolute atomic E-state index is 11.4. The highest BCUT2D eigenvalue weighted by atomic mass is 16.4. The summed E-state index contributed by atoms with van der Waals surface area (Å²) in [4.78, 5) is 15.5. The molecular weight excluding hydrogens is 282 g/mol. The van der Waals surface area contributed by atoms with Crippen molar-refractivity contribution in [1.29, 1.82) is 0 Å². The molecule has 0 fully saturated rings. The van der Waals surface area contributed by atoms with Crippen LogP contribution >= 0.6 is 0 Å². The van der Waals surface area contributed by atoms with Crippen molar-refractivity contribution in [1.82, 2.24) is 24.5 Å². The molecule has 1 aliphatic rings. The highest BCUT2D eigenvalue weighted by molar-refractivity contribution is 5.87. The van der Waals surface area contributed by atoms with Crippen molar-refractivity contribution in [2.24, 2.45) is 0 Å². The van der Waals surface area contributed by atoms with Crippen LogP contribution in [0.15, 0.2) is 24.5 Å². The third kappa shape index (κ3) is 1.62. The summed E-state index contributed by atoms with van der Waals surface area (Å²) in [5.74, 6) is -1.04. The van der Waals surface area contributed by atoms with E-state index in [4.69, 9.17) is 0 Å². The van der Waals surface area contributed by atoms with Crippen LogP contribution in [-0.2, 0) is 6.54 Å². The third-order valence-corrected chi connectivity index (χ3v) is 3.94. The van der Waals surface area contributed by atoms with Crippen molar-refractivity contribution in [3.63, 3.8) is 0 Å². The van der Waals surface area contributed by atoms with Crippen LogP contribution in [-0.4, -0.2) is 35.6 Å². The normalized spacial score (nSPS) is 12.3. The maximum atomic E-state index is 11.4. The lowest BCUT2D eigenvalue weighted by Gasteiger charge is -2.10. The Kier molecular flexibility index (Phi) is 2.47. The Labute approximate surface area is 125 Å². The average molecular weight is 295 g/mol. The van der Waals surface area contributed by atoms with E-state index in [2.05, 4.69) is 21.4 Å². The Balaban J connectivity index is 2.11. The van der Waals surface area contributed by atoms with Crippen LogP contribution in [0.5, 0.6) is 0 Å². The van der Waals surface area contributed by atoms with E-state index in [1.54, 1.807) is 11.0 Å². The molecule has 0 spiro atoms. The minimum atomic E-state index is -1.04. The van der Waals surface area contributed by atoms with Gasteiger partial charge in [-0.2, -0.15) is 0 Å². The lowest BCUT2D eigenvalue weighted by molar-refractivity contribution is 0.0689. The topological polar surface area (TPSA) is 85.8 Å². The molecule has 0 amide bonds. The first-order valence-corrected chi connectivity index (χ1v) is 6.87. The Hall–Kier alpha value is -2.96. The SMILES string of the molecule is Cc1ccc2c(c1)-c1c(C)nnn1Cc1c(C(=O)O)ncn1-2. The van der Waals surface area contributed by atoms with E-state index in [1.165, 1.54) is 0 Å². The van der Waals surface area contributed by atoms with Crippen LogP contribution in [0.3, 0.4) is 0 Å². The molecule has 7 heteroatoms. The summed E-state index contributed by atoms with van der Waals surface area (Å²) < 4.78 is 3.56. The quantitative estimate of drug-likeness (QED) is 0.579. The first kappa shape index (κ1) is 12.8. The molecule has 1 N–H and O–H groups in total. The summed E-state index contributed by atoms with van der Waals surface area (Å²) in [7, 11) is 0. The van der Waals surface area contributed by atoms with Crippen LogP contribution < -0.4 is 0 Å². The van der Waals surface area contributed by atoms with Gasteiger partial charge in [0.15, 0.2) is 5.69 Å². The van der Waals surface area contributed by atoms with E-state index in [0.717, 1.165) is 28.2 Å². The van der Waals surface area contributed by atoms with Gasteiger partial charge in [0.2, 0.25) is 0 Å². The van der Waals surface area contributed by atoms with Gasteiger partial charge in [0, 0.05) is 5.56 Å². The molecule has 110 valence electrons. The summed E-state index contributed by atoms with van der Waals surface area (Å²) in [6.07, 6.45) is 1.56. The minimum Gasteiger partial charge on any atom is -0.476 e. The van der Waals surface area contributed by atoms with Crippen LogP contribution in [0.2, 0.25) is 0 Å². The second-order valence-electron chi connectivity index (χ2n) is 5.42. The first-order chi connectivity index (χ1) is 10.6. The highest BCUT2D eigenvalue weighted by Gasteiger charge is 2.26. The number of imidazole rings is 1. The monoisotopic (exact) mass is 295 g/mol. The smallest absolute Gasteiger partial charge is 0.356 e. The van der Waals surface area contributed by atoms with Gasteiger partial charge in [-0.05, 0) is 26.0 Å². The number of hydrogen-bond donors (Lipinski definition) is 1. The van der Waals surface area contributed by atoms with Crippen molar-refractivity contribution in [2.45, 2.75) is 20.4 Å². The average Bonchev–Trinajstić information content (AvgIpc) is 3.01. The van der Waals surface area contributed by atoms with Gasteiger partial charge in [-0.1, -0.05) is 16.8 Å². The molecule has 0 bridgehead atoms. The lowest BCUT2D eigenvalue weighted by atomic mass is 10.0. The van der Waals surface area contributed by atoms with Crippen LogP contribution in [0.4, 0.5) is 0 Å². The van der Waals surface area contributed by atoms with Crippen LogP contribution in [0, 0.1) is 13.8 Å². The lowest BCUT2D eigenvalue weighted by Crippen LogP contribution is -2.10. The number of aryl methyl sites for hydroxylation is 2. The van der Waals surface area contributed by atoms with E-state index >= 15 is 0 Å². The number of aromatic nitrogens is 5. The van der Waals surface area contributed by atoms with E-state index in [1.807, 2.05) is 30.5 Å². The number of rotatable bonds is 1. The standard InChI is InChI=1S/C15H13N5O2/c1-8-3-4-11-10(5-8)14-9(2)17-18-20(14)6-12-13(15(21)22)16-7-19(11)12/h3-5,7H,6H2,1-2H3,(H,21,22). The zero-order chi connectivity index (χ0) is 15.4. The number of carbonyl (C=O) groups is 1. The van der Waals surface area contributed by atoms with Gasteiger partial charge in [0.1, 0.15) is 6.33 Å². The van der Waals surface area contributed by atoms with Crippen molar-refractivity contribution in [3.05, 3.63) is 47.2 Å². The summed E-state index contributed by atoms with van der Waals surface area (Å²) in [5.41, 5.74) is 5.38. The molecule has 1 aliphatic heterocycles. The minimum absolute atomic E-state index is 0.0486. The predicted octanol–water partition coefficient (Wildman–Crippen LogP) is 1.81. The van der Waals surface area contributed by atoms with Gasteiger partial charge in [0.25, 0.3) is 0 Å². The van der Waals surface area contributed by atoms with Gasteiger partial charge in [-0.25, -0.2) is 14.5 Å². The molecule has 1 aromatic carbocycles. The molecule has 0 saturated carbocycles. The van der Waals surface area contributed by atoms with Gasteiger partial charge >= 0.3 is 5.97 Å². The molecule has 0 radical (unpaired) electrons. The molecule has 0 saturated heterocycles. The second kappa shape index (κ2) is 4.27. The number of carboxylic acid groups (broad SMARTS) is 1. The van der Waals surface area contributed by atoms with Crippen LogP contribution in [0.25, 0.3) is 16.9 Å². The zero-order valence-electron chi connectivity index (χ0n) is 12.1. The molecule has 0 atom stereocenters. The Morgan fingerprint density at radius 1 is 1.32 bits per heavy atom. The molecule has 3 aromatic rings. The Morgan fingerprint density at radius 2 is 2.14 bits per heavy atom. The molecule has 2 aromatic heterocycles. The molecule has 3 heterocycles. The van der Waals surface area contributed by atoms with Gasteiger partial charge in [0.05, 0.1) is 29.3 Å². The molecule has 0 unspecified atom stereocenters. The number of hydrogen-bond acceptors (Lipinski definition) is 4. The fraction of sp³-hybridized carbons (Fsp3) is 0.200. The van der Waals surface area contributed by atoms with Gasteiger partial charge < -0.3 is 5.11 Å². The maximum Gasteiger partial charge on any atom is 0.356 e. The summed E-state index contributed by atoms with van der Waals surface area (Å²) in [6.45, 7) is 4.25. The van der Waals surface area contributed by atoms with E-state index < -0.39 is 5.97 Å².